The van der Waals surface area contributed by atoms with Gasteiger partial charge in [-0.1, -0.05) is 19.9 Å². The van der Waals surface area contributed by atoms with Crippen LogP contribution in [0.3, 0.4) is 0 Å². The molecule has 0 aliphatic carbocycles. The summed E-state index contributed by atoms with van der Waals surface area (Å²) >= 11 is 0. The highest BCUT2D eigenvalue weighted by atomic mass is 16.1. The molecule has 0 aliphatic rings. The first kappa shape index (κ1) is 15.9. The lowest BCUT2D eigenvalue weighted by Gasteiger charge is -1.99. The summed E-state index contributed by atoms with van der Waals surface area (Å²) in [7, 11) is 3.59. The molecule has 3 rings (SSSR count). The normalized spacial score (nSPS) is 10.6. The molecule has 116 valence electrons. The van der Waals surface area contributed by atoms with Crippen LogP contribution >= 0.6 is 0 Å². The van der Waals surface area contributed by atoms with Gasteiger partial charge < -0.3 is 0 Å². The van der Waals surface area contributed by atoms with Crippen LogP contribution in [0, 0.1) is 6.92 Å². The van der Waals surface area contributed by atoms with Gasteiger partial charge in [-0.2, -0.15) is 0 Å². The van der Waals surface area contributed by atoms with Gasteiger partial charge in [0.2, 0.25) is 0 Å². The van der Waals surface area contributed by atoms with Gasteiger partial charge >= 0.3 is 5.69 Å². The third-order valence-corrected chi connectivity index (χ3v) is 3.60. The molecular formula is C17H22N4O. The largest absolute Gasteiger partial charge is 0.328 e. The van der Waals surface area contributed by atoms with Crippen LogP contribution in [0.5, 0.6) is 0 Å². The molecule has 1 aromatic carbocycles. The molecule has 3 aromatic rings. The van der Waals surface area contributed by atoms with Crippen molar-refractivity contribution in [3.8, 4) is 0 Å². The van der Waals surface area contributed by atoms with Crippen molar-refractivity contribution in [2.24, 2.45) is 14.1 Å². The maximum Gasteiger partial charge on any atom is 0.328 e. The predicted molar refractivity (Wildman–Crippen MR) is 89.0 cm³/mol. The van der Waals surface area contributed by atoms with Crippen LogP contribution in [0.15, 0.2) is 41.6 Å². The monoisotopic (exact) mass is 298 g/mol. The Labute approximate surface area is 130 Å². The average molecular weight is 298 g/mol. The molecule has 0 unspecified atom stereocenters. The summed E-state index contributed by atoms with van der Waals surface area (Å²) in [5.74, 6) is 0.485. The van der Waals surface area contributed by atoms with E-state index < -0.39 is 0 Å². The minimum Gasteiger partial charge on any atom is -0.295 e. The smallest absolute Gasteiger partial charge is 0.295 e. The second kappa shape index (κ2) is 6.56. The van der Waals surface area contributed by atoms with E-state index in [1.54, 1.807) is 41.8 Å². The van der Waals surface area contributed by atoms with E-state index in [4.69, 9.17) is 0 Å². The number of fused-ring (bicyclic) bond motifs is 1. The zero-order valence-corrected chi connectivity index (χ0v) is 13.7. The van der Waals surface area contributed by atoms with E-state index in [0.717, 1.165) is 16.7 Å². The minimum absolute atomic E-state index is 0.0283. The molecule has 2 aromatic heterocycles. The van der Waals surface area contributed by atoms with Gasteiger partial charge in [-0.15, -0.1) is 0 Å². The molecule has 0 radical (unpaired) electrons. The van der Waals surface area contributed by atoms with Crippen molar-refractivity contribution in [3.05, 3.63) is 58.5 Å². The summed E-state index contributed by atoms with van der Waals surface area (Å²) in [4.78, 5) is 19.6. The zero-order chi connectivity index (χ0) is 16.3. The standard InChI is InChI=1S/C10H12N2O.C7H10N2/c1-7-4-5-8-9(6-7)12(3)10(13)11(8)2;1-6(2)7-5-8-3-4-9-7/h4-6H,1-3H3;3-6H,1-2H3. The fraction of sp³-hybridized carbons (Fsp3) is 0.353. The molecule has 0 bridgehead atoms. The third-order valence-electron chi connectivity index (χ3n) is 3.60. The van der Waals surface area contributed by atoms with E-state index in [2.05, 4.69) is 23.8 Å². The van der Waals surface area contributed by atoms with Gasteiger partial charge in [0.05, 0.1) is 16.7 Å². The van der Waals surface area contributed by atoms with Gasteiger partial charge in [-0.25, -0.2) is 4.79 Å². The second-order valence-corrected chi connectivity index (χ2v) is 5.68. The van der Waals surface area contributed by atoms with Crippen molar-refractivity contribution >= 4 is 11.0 Å². The molecule has 0 amide bonds. The number of imidazole rings is 1. The van der Waals surface area contributed by atoms with Gasteiger partial charge in [0.15, 0.2) is 0 Å². The SMILES string of the molecule is CC(C)c1cnccn1.Cc1ccc2c(c1)n(C)c(=O)n2C. The molecular weight excluding hydrogens is 276 g/mol. The molecule has 0 fully saturated rings. The highest BCUT2D eigenvalue weighted by Gasteiger charge is 2.06. The van der Waals surface area contributed by atoms with Gasteiger partial charge in [0.25, 0.3) is 0 Å². The summed E-state index contributed by atoms with van der Waals surface area (Å²) in [6.45, 7) is 6.23. The zero-order valence-electron chi connectivity index (χ0n) is 13.7. The van der Waals surface area contributed by atoms with Crippen molar-refractivity contribution in [1.29, 1.82) is 0 Å². The lowest BCUT2D eigenvalue weighted by molar-refractivity contribution is 0.795. The maximum atomic E-state index is 11.5. The Morgan fingerprint density at radius 1 is 1.05 bits per heavy atom. The van der Waals surface area contributed by atoms with Crippen molar-refractivity contribution in [2.45, 2.75) is 26.7 Å². The summed E-state index contributed by atoms with van der Waals surface area (Å²) in [6.07, 6.45) is 5.20. The average Bonchev–Trinajstić information content (AvgIpc) is 2.73. The van der Waals surface area contributed by atoms with E-state index in [1.807, 2.05) is 25.1 Å². The van der Waals surface area contributed by atoms with E-state index in [9.17, 15) is 4.79 Å². The van der Waals surface area contributed by atoms with Crippen molar-refractivity contribution in [2.75, 3.05) is 0 Å². The topological polar surface area (TPSA) is 52.7 Å². The molecule has 5 heteroatoms. The maximum absolute atomic E-state index is 11.5. The summed E-state index contributed by atoms with van der Waals surface area (Å²) in [5, 5.41) is 0. The Balaban J connectivity index is 0.000000172. The number of benzene rings is 1. The van der Waals surface area contributed by atoms with Crippen LogP contribution in [-0.4, -0.2) is 19.1 Å². The molecule has 22 heavy (non-hydrogen) atoms. The first-order chi connectivity index (χ1) is 10.4. The van der Waals surface area contributed by atoms with Crippen LogP contribution in [-0.2, 0) is 14.1 Å². The second-order valence-electron chi connectivity index (χ2n) is 5.68. The fourth-order valence-electron chi connectivity index (χ4n) is 2.23. The van der Waals surface area contributed by atoms with Gasteiger partial charge in [0, 0.05) is 32.7 Å². The number of aryl methyl sites for hydroxylation is 3. The summed E-state index contributed by atoms with van der Waals surface area (Å²) < 4.78 is 3.33. The first-order valence-corrected chi connectivity index (χ1v) is 7.29. The van der Waals surface area contributed by atoms with E-state index in [0.29, 0.717) is 5.92 Å². The van der Waals surface area contributed by atoms with E-state index in [-0.39, 0.29) is 5.69 Å². The Hall–Kier alpha value is -2.43. The Bertz CT molecular complexity index is 816. The number of hydrogen-bond donors (Lipinski definition) is 0. The van der Waals surface area contributed by atoms with Crippen LogP contribution < -0.4 is 5.69 Å². The first-order valence-electron chi connectivity index (χ1n) is 7.29. The molecule has 0 saturated heterocycles. The highest BCUT2D eigenvalue weighted by molar-refractivity contribution is 5.76. The van der Waals surface area contributed by atoms with Crippen LogP contribution in [0.1, 0.15) is 31.0 Å². The molecule has 0 saturated carbocycles. The number of rotatable bonds is 1. The molecule has 2 heterocycles. The Morgan fingerprint density at radius 2 is 1.73 bits per heavy atom. The summed E-state index contributed by atoms with van der Waals surface area (Å²) in [5.41, 5.74) is 4.23. The van der Waals surface area contributed by atoms with E-state index >= 15 is 0 Å². The lowest BCUT2D eigenvalue weighted by Crippen LogP contribution is -2.19. The van der Waals surface area contributed by atoms with Crippen molar-refractivity contribution in [1.82, 2.24) is 19.1 Å². The molecule has 0 aliphatic heterocycles. The lowest BCUT2D eigenvalue weighted by atomic mass is 10.1. The van der Waals surface area contributed by atoms with Crippen molar-refractivity contribution in [3.63, 3.8) is 0 Å². The van der Waals surface area contributed by atoms with Crippen LogP contribution in [0.2, 0.25) is 0 Å². The highest BCUT2D eigenvalue weighted by Crippen LogP contribution is 2.12. The Kier molecular flexibility index (Phi) is 4.75. The number of aromatic nitrogens is 4. The molecule has 0 atom stereocenters. The van der Waals surface area contributed by atoms with Gasteiger partial charge in [-0.05, 0) is 30.5 Å². The van der Waals surface area contributed by atoms with Crippen molar-refractivity contribution < 1.29 is 0 Å². The number of nitrogens with zero attached hydrogens (tertiary/aromatic N) is 4. The number of hydrogen-bond acceptors (Lipinski definition) is 3. The van der Waals surface area contributed by atoms with Gasteiger partial charge in [0.1, 0.15) is 0 Å². The quantitative estimate of drug-likeness (QED) is 0.694. The summed E-state index contributed by atoms with van der Waals surface area (Å²) in [6, 6.07) is 6.02. The van der Waals surface area contributed by atoms with Crippen LogP contribution in [0.25, 0.3) is 11.0 Å². The molecule has 0 N–H and O–H groups in total. The van der Waals surface area contributed by atoms with Crippen LogP contribution in [0.4, 0.5) is 0 Å². The predicted octanol–water partition coefficient (Wildman–Crippen LogP) is 2.79. The third kappa shape index (κ3) is 3.24. The molecule has 0 spiro atoms. The fourth-order valence-corrected chi connectivity index (χ4v) is 2.23. The Morgan fingerprint density at radius 3 is 2.27 bits per heavy atom. The molecule has 5 nitrogen and oxygen atoms in total. The van der Waals surface area contributed by atoms with Gasteiger partial charge in [-0.3, -0.25) is 19.1 Å². The van der Waals surface area contributed by atoms with E-state index in [1.165, 1.54) is 5.56 Å². The minimum atomic E-state index is 0.0283.